The van der Waals surface area contributed by atoms with Crippen LogP contribution in [0.3, 0.4) is 0 Å². The van der Waals surface area contributed by atoms with Gasteiger partial charge in [-0.3, -0.25) is 0 Å². The molecule has 1 N–H and O–H groups in total. The molecule has 0 bridgehead atoms. The highest BCUT2D eigenvalue weighted by Gasteiger charge is 2.06. The van der Waals surface area contributed by atoms with Crippen molar-refractivity contribution in [1.82, 2.24) is 9.97 Å². The molecule has 5 nitrogen and oxygen atoms in total. The summed E-state index contributed by atoms with van der Waals surface area (Å²) in [6.07, 6.45) is 0.111. The van der Waals surface area contributed by atoms with Gasteiger partial charge in [-0.25, -0.2) is 4.98 Å². The number of aromatic nitrogens is 2. The summed E-state index contributed by atoms with van der Waals surface area (Å²) in [7, 11) is 1.70. The third kappa shape index (κ3) is 5.31. The Labute approximate surface area is 109 Å². The quantitative estimate of drug-likeness (QED) is 0.807. The molecule has 1 aromatic rings. The Kier molecular flexibility index (Phi) is 5.85. The summed E-state index contributed by atoms with van der Waals surface area (Å²) < 4.78 is 10.7. The van der Waals surface area contributed by atoms with Crippen LogP contribution in [0.2, 0.25) is 0 Å². The number of nitrogens with zero attached hydrogens (tertiary/aromatic N) is 2. The molecule has 102 valence electrons. The molecule has 1 aromatic heterocycles. The molecular formula is C13H23N3O2. The fraction of sp³-hybridized carbons (Fsp3) is 0.692. The molecule has 1 atom stereocenters. The van der Waals surface area contributed by atoms with Crippen LogP contribution < -0.4 is 10.1 Å². The normalized spacial score (nSPS) is 12.6. The molecule has 5 heteroatoms. The fourth-order valence-corrected chi connectivity index (χ4v) is 1.53. The Hall–Kier alpha value is -1.36. The first-order chi connectivity index (χ1) is 8.51. The van der Waals surface area contributed by atoms with Gasteiger partial charge < -0.3 is 14.8 Å². The van der Waals surface area contributed by atoms with Gasteiger partial charge in [0.15, 0.2) is 0 Å². The summed E-state index contributed by atoms with van der Waals surface area (Å²) in [5, 5.41) is 3.20. The van der Waals surface area contributed by atoms with E-state index < -0.39 is 0 Å². The van der Waals surface area contributed by atoms with Crippen molar-refractivity contribution in [2.24, 2.45) is 5.92 Å². The summed E-state index contributed by atoms with van der Waals surface area (Å²) in [4.78, 5) is 8.65. The Balaban J connectivity index is 2.62. The third-order valence-electron chi connectivity index (χ3n) is 2.25. The van der Waals surface area contributed by atoms with Crippen LogP contribution in [0.5, 0.6) is 5.88 Å². The summed E-state index contributed by atoms with van der Waals surface area (Å²) in [6, 6.07) is 1.84. The molecule has 1 rings (SSSR count). The number of anilines is 1. The minimum Gasteiger partial charge on any atom is -0.475 e. The van der Waals surface area contributed by atoms with Crippen molar-refractivity contribution in [3.05, 3.63) is 11.8 Å². The lowest BCUT2D eigenvalue weighted by Crippen LogP contribution is -2.18. The maximum Gasteiger partial charge on any atom is 0.226 e. The zero-order valence-corrected chi connectivity index (χ0v) is 11.9. The van der Waals surface area contributed by atoms with Gasteiger partial charge in [-0.05, 0) is 26.7 Å². The lowest BCUT2D eigenvalue weighted by Gasteiger charge is -2.13. The van der Waals surface area contributed by atoms with Gasteiger partial charge in [0.2, 0.25) is 11.8 Å². The Morgan fingerprint density at radius 3 is 2.61 bits per heavy atom. The SMILES string of the molecule is COCC(C)CNc1nc(C)cc(OC(C)C)n1. The molecule has 0 saturated heterocycles. The largest absolute Gasteiger partial charge is 0.475 e. The maximum atomic E-state index is 5.57. The number of hydrogen-bond donors (Lipinski definition) is 1. The van der Waals surface area contributed by atoms with E-state index in [2.05, 4.69) is 22.2 Å². The van der Waals surface area contributed by atoms with E-state index in [-0.39, 0.29) is 6.10 Å². The summed E-state index contributed by atoms with van der Waals surface area (Å²) >= 11 is 0. The number of aryl methyl sites for hydroxylation is 1. The second-order valence-corrected chi connectivity index (χ2v) is 4.78. The van der Waals surface area contributed by atoms with Gasteiger partial charge in [-0.15, -0.1) is 0 Å². The first kappa shape index (κ1) is 14.7. The second kappa shape index (κ2) is 7.16. The second-order valence-electron chi connectivity index (χ2n) is 4.78. The first-order valence-corrected chi connectivity index (χ1v) is 6.26. The van der Waals surface area contributed by atoms with Gasteiger partial charge in [-0.1, -0.05) is 6.92 Å². The zero-order valence-electron chi connectivity index (χ0n) is 11.9. The van der Waals surface area contributed by atoms with Crippen LogP contribution >= 0.6 is 0 Å². The minimum absolute atomic E-state index is 0.111. The summed E-state index contributed by atoms with van der Waals surface area (Å²) in [6.45, 7) is 9.49. The van der Waals surface area contributed by atoms with Crippen molar-refractivity contribution in [1.29, 1.82) is 0 Å². The Morgan fingerprint density at radius 1 is 1.28 bits per heavy atom. The average molecular weight is 253 g/mol. The summed E-state index contributed by atoms with van der Waals surface area (Å²) in [5.41, 5.74) is 0.891. The van der Waals surface area contributed by atoms with Gasteiger partial charge >= 0.3 is 0 Å². The monoisotopic (exact) mass is 253 g/mol. The van der Waals surface area contributed by atoms with E-state index in [0.29, 0.717) is 24.4 Å². The van der Waals surface area contributed by atoms with Crippen molar-refractivity contribution in [3.8, 4) is 5.88 Å². The van der Waals surface area contributed by atoms with E-state index in [9.17, 15) is 0 Å². The molecule has 0 saturated carbocycles. The Morgan fingerprint density at radius 2 is 2.00 bits per heavy atom. The van der Waals surface area contributed by atoms with Crippen LogP contribution in [0.1, 0.15) is 26.5 Å². The van der Waals surface area contributed by atoms with E-state index in [0.717, 1.165) is 12.2 Å². The molecule has 0 aliphatic heterocycles. The van der Waals surface area contributed by atoms with Crippen molar-refractivity contribution in [2.75, 3.05) is 25.6 Å². The fourth-order valence-electron chi connectivity index (χ4n) is 1.53. The molecule has 0 aliphatic rings. The number of hydrogen-bond acceptors (Lipinski definition) is 5. The van der Waals surface area contributed by atoms with Crippen LogP contribution in [-0.4, -0.2) is 36.3 Å². The van der Waals surface area contributed by atoms with Crippen molar-refractivity contribution >= 4 is 5.95 Å². The van der Waals surface area contributed by atoms with Crippen molar-refractivity contribution in [2.45, 2.75) is 33.8 Å². The van der Waals surface area contributed by atoms with E-state index in [1.165, 1.54) is 0 Å². The van der Waals surface area contributed by atoms with Crippen LogP contribution in [0, 0.1) is 12.8 Å². The van der Waals surface area contributed by atoms with Gasteiger partial charge in [0.25, 0.3) is 0 Å². The number of rotatable bonds is 7. The highest BCUT2D eigenvalue weighted by molar-refractivity contribution is 5.30. The molecule has 18 heavy (non-hydrogen) atoms. The molecule has 0 spiro atoms. The first-order valence-electron chi connectivity index (χ1n) is 6.26. The molecule has 0 amide bonds. The predicted molar refractivity (Wildman–Crippen MR) is 72.1 cm³/mol. The molecule has 0 aromatic carbocycles. The topological polar surface area (TPSA) is 56.3 Å². The number of nitrogens with one attached hydrogen (secondary N) is 1. The van der Waals surface area contributed by atoms with Crippen molar-refractivity contribution in [3.63, 3.8) is 0 Å². The smallest absolute Gasteiger partial charge is 0.226 e. The van der Waals surface area contributed by atoms with Crippen LogP contribution in [0.25, 0.3) is 0 Å². The van der Waals surface area contributed by atoms with E-state index in [1.807, 2.05) is 26.8 Å². The molecular weight excluding hydrogens is 230 g/mol. The highest BCUT2D eigenvalue weighted by atomic mass is 16.5. The average Bonchev–Trinajstić information content (AvgIpc) is 2.25. The van der Waals surface area contributed by atoms with Crippen LogP contribution in [0.15, 0.2) is 6.07 Å². The van der Waals surface area contributed by atoms with E-state index in [4.69, 9.17) is 9.47 Å². The lowest BCUT2D eigenvalue weighted by atomic mass is 10.2. The molecule has 1 unspecified atom stereocenters. The molecule has 0 fully saturated rings. The zero-order chi connectivity index (χ0) is 13.5. The third-order valence-corrected chi connectivity index (χ3v) is 2.25. The van der Waals surface area contributed by atoms with Crippen molar-refractivity contribution < 1.29 is 9.47 Å². The van der Waals surface area contributed by atoms with Gasteiger partial charge in [0, 0.05) is 25.4 Å². The molecule has 0 radical (unpaired) electrons. The Bertz CT molecular complexity index is 369. The van der Waals surface area contributed by atoms with Crippen LogP contribution in [-0.2, 0) is 4.74 Å². The van der Waals surface area contributed by atoms with Gasteiger partial charge in [-0.2, -0.15) is 4.98 Å². The van der Waals surface area contributed by atoms with Crippen LogP contribution in [0.4, 0.5) is 5.95 Å². The predicted octanol–water partition coefficient (Wildman–Crippen LogP) is 2.27. The minimum atomic E-state index is 0.111. The molecule has 1 heterocycles. The van der Waals surface area contributed by atoms with Gasteiger partial charge in [0.1, 0.15) is 0 Å². The standard InChI is InChI=1S/C13H23N3O2/c1-9(2)18-12-6-11(4)15-13(16-12)14-7-10(3)8-17-5/h6,9-10H,7-8H2,1-5H3,(H,14,15,16). The van der Waals surface area contributed by atoms with Gasteiger partial charge in [0.05, 0.1) is 12.7 Å². The number of ether oxygens (including phenoxy) is 2. The molecule has 0 aliphatic carbocycles. The highest BCUT2D eigenvalue weighted by Crippen LogP contribution is 2.13. The van der Waals surface area contributed by atoms with E-state index in [1.54, 1.807) is 7.11 Å². The van der Waals surface area contributed by atoms with E-state index >= 15 is 0 Å². The lowest BCUT2D eigenvalue weighted by molar-refractivity contribution is 0.164. The number of methoxy groups -OCH3 is 1. The summed E-state index contributed by atoms with van der Waals surface area (Å²) in [5.74, 6) is 1.63. The maximum absolute atomic E-state index is 5.57.